The van der Waals surface area contributed by atoms with Gasteiger partial charge in [0.05, 0.1) is 10.0 Å². The molecule has 0 spiro atoms. The van der Waals surface area contributed by atoms with Crippen molar-refractivity contribution in [3.63, 3.8) is 0 Å². The van der Waals surface area contributed by atoms with Gasteiger partial charge in [-0.05, 0) is 19.9 Å². The number of amidine groups is 1. The predicted molar refractivity (Wildman–Crippen MR) is 94.7 cm³/mol. The first kappa shape index (κ1) is 17.1. The third-order valence-electron chi connectivity index (χ3n) is 3.30. The van der Waals surface area contributed by atoms with Gasteiger partial charge in [0.25, 0.3) is 0 Å². The Balaban J connectivity index is 1.88. The normalized spacial score (nSPS) is 11.6. The van der Waals surface area contributed by atoms with Crippen molar-refractivity contribution >= 4 is 34.7 Å². The molecule has 0 radical (unpaired) electrons. The second-order valence-electron chi connectivity index (χ2n) is 5.05. The van der Waals surface area contributed by atoms with Crippen LogP contribution in [0.4, 0.5) is 0 Å². The number of nitrogens with two attached hydrogens (primary N) is 1. The summed E-state index contributed by atoms with van der Waals surface area (Å²) in [7, 11) is 0. The second kappa shape index (κ2) is 7.04. The molecule has 1 aromatic carbocycles. The van der Waals surface area contributed by atoms with Crippen LogP contribution in [0.5, 0.6) is 0 Å². The highest BCUT2D eigenvalue weighted by atomic mass is 35.5. The van der Waals surface area contributed by atoms with Crippen molar-refractivity contribution in [1.29, 1.82) is 0 Å². The van der Waals surface area contributed by atoms with Crippen LogP contribution in [0, 0.1) is 13.8 Å². The van der Waals surface area contributed by atoms with Crippen molar-refractivity contribution in [3.05, 3.63) is 56.7 Å². The van der Waals surface area contributed by atoms with Crippen LogP contribution in [0.25, 0.3) is 11.3 Å². The quantitative estimate of drug-likeness (QED) is 0.323. The van der Waals surface area contributed by atoms with Crippen molar-refractivity contribution < 1.29 is 14.2 Å². The fourth-order valence-corrected chi connectivity index (χ4v) is 2.95. The van der Waals surface area contributed by atoms with E-state index in [0.29, 0.717) is 16.3 Å². The third kappa shape index (κ3) is 3.54. The van der Waals surface area contributed by atoms with Crippen molar-refractivity contribution in [2.75, 3.05) is 0 Å². The van der Waals surface area contributed by atoms with E-state index >= 15 is 0 Å². The minimum Gasteiger partial charge on any atom is -0.379 e. The fraction of sp³-hybridized carbons (Fsp3) is 0.125. The minimum atomic E-state index is -0.747. The number of thiazole rings is 1. The van der Waals surface area contributed by atoms with Crippen molar-refractivity contribution in [2.45, 2.75) is 13.8 Å². The molecule has 25 heavy (non-hydrogen) atoms. The monoisotopic (exact) mass is 376 g/mol. The van der Waals surface area contributed by atoms with E-state index in [4.69, 9.17) is 26.7 Å². The molecule has 7 nitrogen and oxygen atoms in total. The molecule has 128 valence electrons. The molecule has 0 bridgehead atoms. The van der Waals surface area contributed by atoms with Gasteiger partial charge < -0.3 is 15.1 Å². The molecule has 0 aliphatic rings. The van der Waals surface area contributed by atoms with Gasteiger partial charge in [0, 0.05) is 10.9 Å². The SMILES string of the molecule is Cc1nc(C(N)=NOC(=O)c2c(-c3ccccc3Cl)noc2C)cs1. The molecule has 0 aliphatic carbocycles. The molecule has 9 heteroatoms. The van der Waals surface area contributed by atoms with E-state index < -0.39 is 5.97 Å². The highest BCUT2D eigenvalue weighted by Gasteiger charge is 2.24. The average Bonchev–Trinajstić information content (AvgIpc) is 3.19. The smallest absolute Gasteiger partial charge is 0.371 e. The first-order valence-electron chi connectivity index (χ1n) is 7.16. The van der Waals surface area contributed by atoms with Gasteiger partial charge in [-0.25, -0.2) is 9.78 Å². The van der Waals surface area contributed by atoms with Gasteiger partial charge >= 0.3 is 5.97 Å². The van der Waals surface area contributed by atoms with Crippen LogP contribution in [0.2, 0.25) is 5.02 Å². The van der Waals surface area contributed by atoms with Gasteiger partial charge in [0.1, 0.15) is 22.7 Å². The average molecular weight is 377 g/mol. The third-order valence-corrected chi connectivity index (χ3v) is 4.41. The Morgan fingerprint density at radius 2 is 2.12 bits per heavy atom. The molecule has 2 heterocycles. The lowest BCUT2D eigenvalue weighted by molar-refractivity contribution is 0.0515. The lowest BCUT2D eigenvalue weighted by Crippen LogP contribution is -2.16. The van der Waals surface area contributed by atoms with Crippen LogP contribution in [-0.4, -0.2) is 21.9 Å². The Morgan fingerprint density at radius 1 is 1.36 bits per heavy atom. The van der Waals surface area contributed by atoms with E-state index in [0.717, 1.165) is 5.01 Å². The van der Waals surface area contributed by atoms with Crippen LogP contribution < -0.4 is 5.73 Å². The van der Waals surface area contributed by atoms with Crippen LogP contribution in [0.3, 0.4) is 0 Å². The molecule has 0 atom stereocenters. The molecule has 0 amide bonds. The van der Waals surface area contributed by atoms with Crippen LogP contribution in [-0.2, 0) is 4.84 Å². The van der Waals surface area contributed by atoms with Gasteiger partial charge in [-0.3, -0.25) is 0 Å². The summed E-state index contributed by atoms with van der Waals surface area (Å²) in [5, 5.41) is 10.5. The van der Waals surface area contributed by atoms with E-state index in [2.05, 4.69) is 15.3 Å². The Kier molecular flexibility index (Phi) is 4.82. The first-order chi connectivity index (χ1) is 12.0. The number of hydrogen-bond donors (Lipinski definition) is 1. The molecule has 3 rings (SSSR count). The van der Waals surface area contributed by atoms with E-state index in [1.165, 1.54) is 11.3 Å². The topological polar surface area (TPSA) is 104 Å². The molecule has 3 aromatic rings. The maximum absolute atomic E-state index is 12.4. The number of halogens is 1. The van der Waals surface area contributed by atoms with Gasteiger partial charge in [-0.1, -0.05) is 40.1 Å². The molecule has 0 saturated carbocycles. The molecular weight excluding hydrogens is 364 g/mol. The van der Waals surface area contributed by atoms with Crippen molar-refractivity contribution in [3.8, 4) is 11.3 Å². The molecule has 0 fully saturated rings. The number of benzene rings is 1. The Bertz CT molecular complexity index is 964. The Morgan fingerprint density at radius 3 is 2.80 bits per heavy atom. The lowest BCUT2D eigenvalue weighted by atomic mass is 10.1. The van der Waals surface area contributed by atoms with Crippen LogP contribution >= 0.6 is 22.9 Å². The molecular formula is C16H13ClN4O3S. The maximum Gasteiger partial charge on any atom is 0.371 e. The number of hydrogen-bond acceptors (Lipinski definition) is 7. The summed E-state index contributed by atoms with van der Waals surface area (Å²) in [4.78, 5) is 21.5. The summed E-state index contributed by atoms with van der Waals surface area (Å²) in [6, 6.07) is 6.97. The second-order valence-corrected chi connectivity index (χ2v) is 6.52. The number of oxime groups is 1. The lowest BCUT2D eigenvalue weighted by Gasteiger charge is -2.03. The van der Waals surface area contributed by atoms with Crippen molar-refractivity contribution in [1.82, 2.24) is 10.1 Å². The summed E-state index contributed by atoms with van der Waals surface area (Å²) in [6.45, 7) is 3.44. The molecule has 0 saturated heterocycles. The van der Waals surface area contributed by atoms with E-state index in [-0.39, 0.29) is 22.9 Å². The molecule has 0 aliphatic heterocycles. The molecule has 2 N–H and O–H groups in total. The van der Waals surface area contributed by atoms with E-state index in [9.17, 15) is 4.79 Å². The highest BCUT2D eigenvalue weighted by Crippen LogP contribution is 2.31. The number of carbonyl (C=O) groups is 1. The highest BCUT2D eigenvalue weighted by molar-refractivity contribution is 7.09. The van der Waals surface area contributed by atoms with Gasteiger partial charge in [0.15, 0.2) is 5.84 Å². The van der Waals surface area contributed by atoms with Crippen LogP contribution in [0.15, 0.2) is 39.3 Å². The summed E-state index contributed by atoms with van der Waals surface area (Å²) in [5.74, 6) is -0.451. The maximum atomic E-state index is 12.4. The zero-order valence-electron chi connectivity index (χ0n) is 13.3. The zero-order valence-corrected chi connectivity index (χ0v) is 14.9. The minimum absolute atomic E-state index is 0.00565. The standard InChI is InChI=1S/C16H13ClN4O3S/c1-8-13(14(20-23-8)10-5-3-4-6-11(10)17)16(22)24-21-15(18)12-7-25-9(2)19-12/h3-7H,1-2H3,(H2,18,21). The summed E-state index contributed by atoms with van der Waals surface area (Å²) in [6.07, 6.45) is 0. The van der Waals surface area contributed by atoms with Gasteiger partial charge in [-0.2, -0.15) is 0 Å². The fourth-order valence-electron chi connectivity index (χ4n) is 2.11. The number of aromatic nitrogens is 2. The number of carbonyl (C=O) groups excluding carboxylic acids is 1. The molecule has 2 aromatic heterocycles. The zero-order chi connectivity index (χ0) is 18.0. The number of rotatable bonds is 4. The van der Waals surface area contributed by atoms with E-state index in [1.54, 1.807) is 36.6 Å². The van der Waals surface area contributed by atoms with Gasteiger partial charge in [-0.15, -0.1) is 11.3 Å². The largest absolute Gasteiger partial charge is 0.379 e. The summed E-state index contributed by atoms with van der Waals surface area (Å²) in [5.41, 5.74) is 7.20. The number of nitrogens with zero attached hydrogens (tertiary/aromatic N) is 3. The number of aryl methyl sites for hydroxylation is 2. The van der Waals surface area contributed by atoms with E-state index in [1.807, 2.05) is 6.92 Å². The molecule has 0 unspecified atom stereocenters. The van der Waals surface area contributed by atoms with Crippen molar-refractivity contribution in [2.24, 2.45) is 10.9 Å². The Labute approximate surface area is 152 Å². The summed E-state index contributed by atoms with van der Waals surface area (Å²) >= 11 is 7.58. The Hall–Kier alpha value is -2.71. The predicted octanol–water partition coefficient (Wildman–Crippen LogP) is 3.55. The van der Waals surface area contributed by atoms with Gasteiger partial charge in [0.2, 0.25) is 0 Å². The summed E-state index contributed by atoms with van der Waals surface area (Å²) < 4.78 is 5.12. The van der Waals surface area contributed by atoms with Crippen LogP contribution in [0.1, 0.15) is 26.8 Å². The first-order valence-corrected chi connectivity index (χ1v) is 8.41.